The summed E-state index contributed by atoms with van der Waals surface area (Å²) < 4.78 is 17.0. The Balaban J connectivity index is 1.40. The Morgan fingerprint density at radius 2 is 1.71 bits per heavy atom. The molecule has 3 aromatic rings. The van der Waals surface area contributed by atoms with Crippen LogP contribution in [0.2, 0.25) is 5.02 Å². The second kappa shape index (κ2) is 10.5. The summed E-state index contributed by atoms with van der Waals surface area (Å²) >= 11 is 5.86. The Bertz CT molecular complexity index is 1160. The first-order valence-corrected chi connectivity index (χ1v) is 11.3. The summed E-state index contributed by atoms with van der Waals surface area (Å²) in [4.78, 5) is 26.8. The lowest BCUT2D eigenvalue weighted by Crippen LogP contribution is -2.46. The number of carbonyl (C=O) groups excluding carboxylic acids is 2. The van der Waals surface area contributed by atoms with Crippen LogP contribution in [0.3, 0.4) is 0 Å². The van der Waals surface area contributed by atoms with Crippen LogP contribution in [0.15, 0.2) is 66.7 Å². The third-order valence-electron chi connectivity index (χ3n) is 5.24. The predicted molar refractivity (Wildman–Crippen MR) is 131 cm³/mol. The third kappa shape index (κ3) is 5.80. The fourth-order valence-corrected chi connectivity index (χ4v) is 3.61. The summed E-state index contributed by atoms with van der Waals surface area (Å²) in [7, 11) is 0. The van der Waals surface area contributed by atoms with Gasteiger partial charge in [0.2, 0.25) is 0 Å². The van der Waals surface area contributed by atoms with Gasteiger partial charge in [0.15, 0.2) is 12.7 Å². The van der Waals surface area contributed by atoms with Crippen LogP contribution in [0, 0.1) is 6.92 Å². The highest BCUT2D eigenvalue weighted by atomic mass is 35.5. The number of aryl methyl sites for hydroxylation is 1. The van der Waals surface area contributed by atoms with Gasteiger partial charge in [0.05, 0.1) is 12.2 Å². The van der Waals surface area contributed by atoms with Gasteiger partial charge in [-0.2, -0.15) is 0 Å². The number of fused-ring (bicyclic) bond motifs is 1. The third-order valence-corrected chi connectivity index (χ3v) is 5.49. The first kappa shape index (κ1) is 23.4. The van der Waals surface area contributed by atoms with Crippen LogP contribution in [0.4, 0.5) is 11.4 Å². The van der Waals surface area contributed by atoms with Crippen LogP contribution < -0.4 is 24.4 Å². The van der Waals surface area contributed by atoms with Gasteiger partial charge in [0.1, 0.15) is 23.9 Å². The monoisotopic (exact) mass is 480 g/mol. The van der Waals surface area contributed by atoms with Crippen LogP contribution in [-0.2, 0) is 9.59 Å². The van der Waals surface area contributed by atoms with E-state index >= 15 is 0 Å². The van der Waals surface area contributed by atoms with Crippen molar-refractivity contribution in [3.8, 4) is 17.2 Å². The van der Waals surface area contributed by atoms with E-state index < -0.39 is 6.10 Å². The molecular formula is C26H25ClN2O5. The lowest BCUT2D eigenvalue weighted by molar-refractivity contribution is -0.125. The Kier molecular flexibility index (Phi) is 7.23. The number of nitrogens with zero attached hydrogens (tertiary/aromatic N) is 1. The van der Waals surface area contributed by atoms with Crippen molar-refractivity contribution in [2.75, 3.05) is 30.0 Å². The molecule has 0 fully saturated rings. The van der Waals surface area contributed by atoms with Gasteiger partial charge in [-0.1, -0.05) is 29.3 Å². The molecule has 0 aliphatic carbocycles. The zero-order chi connectivity index (χ0) is 24.1. The van der Waals surface area contributed by atoms with E-state index in [-0.39, 0.29) is 18.4 Å². The van der Waals surface area contributed by atoms with Crippen molar-refractivity contribution in [2.45, 2.75) is 20.0 Å². The van der Waals surface area contributed by atoms with Crippen molar-refractivity contribution in [3.63, 3.8) is 0 Å². The van der Waals surface area contributed by atoms with Crippen LogP contribution >= 0.6 is 11.6 Å². The van der Waals surface area contributed by atoms with Gasteiger partial charge in [-0.05, 0) is 68.4 Å². The number of halogens is 1. The van der Waals surface area contributed by atoms with E-state index in [0.29, 0.717) is 41.0 Å². The Morgan fingerprint density at radius 3 is 2.44 bits per heavy atom. The van der Waals surface area contributed by atoms with E-state index in [9.17, 15) is 9.59 Å². The highest BCUT2D eigenvalue weighted by Crippen LogP contribution is 2.36. The topological polar surface area (TPSA) is 77.1 Å². The van der Waals surface area contributed by atoms with E-state index in [1.54, 1.807) is 54.3 Å². The number of nitrogens with one attached hydrogen (secondary N) is 1. The van der Waals surface area contributed by atoms with Crippen molar-refractivity contribution in [3.05, 3.63) is 77.3 Å². The largest absolute Gasteiger partial charge is 0.492 e. The van der Waals surface area contributed by atoms with Crippen LogP contribution in [0.25, 0.3) is 0 Å². The minimum Gasteiger partial charge on any atom is -0.492 e. The van der Waals surface area contributed by atoms with Gasteiger partial charge in [-0.15, -0.1) is 0 Å². The second-order valence-electron chi connectivity index (χ2n) is 7.88. The molecule has 0 bridgehead atoms. The van der Waals surface area contributed by atoms with Gasteiger partial charge in [0, 0.05) is 10.7 Å². The van der Waals surface area contributed by atoms with Crippen molar-refractivity contribution in [1.29, 1.82) is 0 Å². The van der Waals surface area contributed by atoms with Crippen LogP contribution in [-0.4, -0.2) is 37.7 Å². The molecule has 1 aliphatic heterocycles. The molecule has 8 heteroatoms. The van der Waals surface area contributed by atoms with Gasteiger partial charge >= 0.3 is 0 Å². The zero-order valence-electron chi connectivity index (χ0n) is 18.9. The number of anilines is 2. The molecule has 176 valence electrons. The molecule has 1 N–H and O–H groups in total. The number of amides is 2. The summed E-state index contributed by atoms with van der Waals surface area (Å²) in [6, 6.07) is 19.7. The van der Waals surface area contributed by atoms with E-state index in [0.717, 1.165) is 11.3 Å². The van der Waals surface area contributed by atoms with Crippen molar-refractivity contribution in [2.24, 2.45) is 0 Å². The van der Waals surface area contributed by atoms with Crippen LogP contribution in [0.5, 0.6) is 17.2 Å². The molecule has 0 saturated carbocycles. The van der Waals surface area contributed by atoms with Crippen LogP contribution in [0.1, 0.15) is 12.5 Å². The molecule has 4 rings (SSSR count). The van der Waals surface area contributed by atoms with Crippen molar-refractivity contribution in [1.82, 2.24) is 0 Å². The zero-order valence-corrected chi connectivity index (χ0v) is 19.7. The number of hydrogen-bond donors (Lipinski definition) is 1. The Hall–Kier alpha value is -3.71. The maximum atomic E-state index is 12.8. The first-order chi connectivity index (χ1) is 16.4. The number of benzene rings is 3. The highest BCUT2D eigenvalue weighted by Gasteiger charge is 2.31. The maximum absolute atomic E-state index is 12.8. The summed E-state index contributed by atoms with van der Waals surface area (Å²) in [5, 5.41) is 3.38. The summed E-state index contributed by atoms with van der Waals surface area (Å²) in [6.07, 6.45) is -0.611. The molecule has 0 radical (unpaired) electrons. The molecule has 0 aromatic heterocycles. The SMILES string of the molecule is Cc1ccc(OCCN2C(=O)C(C)Oc3ccc(NC(=O)COc4ccc(Cl)cc4)cc32)cc1. The second-order valence-corrected chi connectivity index (χ2v) is 8.32. The van der Waals surface area contributed by atoms with E-state index in [1.165, 1.54) is 0 Å². The molecule has 1 aliphatic rings. The number of carbonyl (C=O) groups is 2. The molecule has 1 unspecified atom stereocenters. The number of hydrogen-bond acceptors (Lipinski definition) is 5. The maximum Gasteiger partial charge on any atom is 0.267 e. The molecule has 1 atom stereocenters. The molecule has 1 heterocycles. The fraction of sp³-hybridized carbons (Fsp3) is 0.231. The summed E-state index contributed by atoms with van der Waals surface area (Å²) in [5.74, 6) is 1.34. The van der Waals surface area contributed by atoms with Crippen molar-refractivity contribution < 1.29 is 23.8 Å². The molecule has 0 spiro atoms. The molecule has 34 heavy (non-hydrogen) atoms. The predicted octanol–water partition coefficient (Wildman–Crippen LogP) is 4.86. The van der Waals surface area contributed by atoms with Crippen molar-refractivity contribution >= 4 is 34.8 Å². The molecule has 2 amide bonds. The quantitative estimate of drug-likeness (QED) is 0.498. The number of ether oxygens (including phenoxy) is 3. The summed E-state index contributed by atoms with van der Waals surface area (Å²) in [5.41, 5.74) is 2.25. The van der Waals surface area contributed by atoms with E-state index in [1.807, 2.05) is 31.2 Å². The fourth-order valence-electron chi connectivity index (χ4n) is 3.48. The average Bonchev–Trinajstić information content (AvgIpc) is 2.83. The van der Waals surface area contributed by atoms with E-state index in [2.05, 4.69) is 5.32 Å². The molecule has 7 nitrogen and oxygen atoms in total. The molecular weight excluding hydrogens is 456 g/mol. The van der Waals surface area contributed by atoms with Gasteiger partial charge in [-0.25, -0.2) is 0 Å². The summed E-state index contributed by atoms with van der Waals surface area (Å²) in [6.45, 7) is 4.20. The lowest BCUT2D eigenvalue weighted by atomic mass is 10.1. The normalized spacial score (nSPS) is 14.7. The minimum atomic E-state index is -0.611. The number of rotatable bonds is 8. The Labute approximate surface area is 203 Å². The van der Waals surface area contributed by atoms with Gasteiger partial charge < -0.3 is 24.4 Å². The highest BCUT2D eigenvalue weighted by molar-refractivity contribution is 6.30. The van der Waals surface area contributed by atoms with Gasteiger partial charge in [-0.3, -0.25) is 9.59 Å². The first-order valence-electron chi connectivity index (χ1n) is 10.9. The Morgan fingerprint density at radius 1 is 1.03 bits per heavy atom. The average molecular weight is 481 g/mol. The lowest BCUT2D eigenvalue weighted by Gasteiger charge is -2.33. The minimum absolute atomic E-state index is 0.167. The molecule has 3 aromatic carbocycles. The smallest absolute Gasteiger partial charge is 0.267 e. The standard InChI is InChI=1S/C26H25ClN2O5/c1-17-3-8-21(9-4-17)32-14-13-29-23-15-20(7-12-24(23)34-18(2)26(29)31)28-25(30)16-33-22-10-5-19(27)6-11-22/h3-12,15,18H,13-14,16H2,1-2H3,(H,28,30). The molecule has 0 saturated heterocycles. The van der Waals surface area contributed by atoms with E-state index in [4.69, 9.17) is 25.8 Å². The van der Waals surface area contributed by atoms with Gasteiger partial charge in [0.25, 0.3) is 11.8 Å².